The van der Waals surface area contributed by atoms with Crippen LogP contribution in [-0.4, -0.2) is 27.4 Å². The second-order valence-corrected chi connectivity index (χ2v) is 9.80. The Morgan fingerprint density at radius 3 is 2.22 bits per heavy atom. The number of primary amides is 1. The first kappa shape index (κ1) is 23.9. The normalized spacial score (nSPS) is 18.9. The summed E-state index contributed by atoms with van der Waals surface area (Å²) in [6, 6.07) is 8.39. The Morgan fingerprint density at radius 1 is 1.06 bits per heavy atom. The van der Waals surface area contributed by atoms with Crippen LogP contribution in [0.5, 0.6) is 0 Å². The summed E-state index contributed by atoms with van der Waals surface area (Å²) in [6.45, 7) is 9.57. The van der Waals surface area contributed by atoms with Crippen molar-refractivity contribution in [1.29, 1.82) is 0 Å². The minimum atomic E-state index is -0.546. The van der Waals surface area contributed by atoms with Gasteiger partial charge in [-0.25, -0.2) is 4.98 Å². The van der Waals surface area contributed by atoms with E-state index < -0.39 is 11.5 Å². The van der Waals surface area contributed by atoms with Gasteiger partial charge in [0.05, 0.1) is 17.1 Å². The van der Waals surface area contributed by atoms with Crippen molar-refractivity contribution in [3.63, 3.8) is 0 Å². The topological polar surface area (TPSA) is 95.2 Å². The zero-order valence-electron chi connectivity index (χ0n) is 19.9. The lowest BCUT2D eigenvalue weighted by Crippen LogP contribution is -2.26. The van der Waals surface area contributed by atoms with Crippen LogP contribution in [0, 0.1) is 12.8 Å². The van der Waals surface area contributed by atoms with Crippen LogP contribution in [-0.2, 0) is 16.0 Å². The van der Waals surface area contributed by atoms with Gasteiger partial charge in [0.25, 0.3) is 5.91 Å². The summed E-state index contributed by atoms with van der Waals surface area (Å²) in [5, 5.41) is 0. The molecule has 1 aliphatic rings. The van der Waals surface area contributed by atoms with Gasteiger partial charge in [-0.2, -0.15) is 0 Å². The zero-order valence-corrected chi connectivity index (χ0v) is 19.9. The molecule has 3 rings (SSSR count). The number of hydrogen-bond donors (Lipinski definition) is 1. The molecule has 0 bridgehead atoms. The highest BCUT2D eigenvalue weighted by Gasteiger charge is 2.26. The van der Waals surface area contributed by atoms with Crippen molar-refractivity contribution in [3.05, 3.63) is 46.9 Å². The van der Waals surface area contributed by atoms with Crippen molar-refractivity contribution in [2.45, 2.75) is 84.7 Å². The highest BCUT2D eigenvalue weighted by atomic mass is 16.6. The second kappa shape index (κ2) is 9.80. The van der Waals surface area contributed by atoms with Crippen molar-refractivity contribution in [2.24, 2.45) is 11.7 Å². The number of ether oxygens (including phenoxy) is 1. The maximum absolute atomic E-state index is 12.1. The summed E-state index contributed by atoms with van der Waals surface area (Å²) in [6.07, 6.45) is 5.34. The summed E-state index contributed by atoms with van der Waals surface area (Å²) < 4.78 is 5.48. The number of benzene rings is 1. The molecule has 6 nitrogen and oxygen atoms in total. The molecule has 172 valence electrons. The standard InChI is InChI=1S/C26H35N3O3/c1-6-21-24(25(27)31)29-23(16(2)28-21)20-13-11-19(12-14-20)18-9-7-17(8-10-18)15-22(30)32-26(3,4)5/h11-14,17-18H,6-10,15H2,1-5H3,(H2,27,31)/t17-,18-. The van der Waals surface area contributed by atoms with Gasteiger partial charge >= 0.3 is 5.97 Å². The second-order valence-electron chi connectivity index (χ2n) is 9.80. The number of hydrogen-bond acceptors (Lipinski definition) is 5. The van der Waals surface area contributed by atoms with E-state index in [1.54, 1.807) is 0 Å². The first-order valence-corrected chi connectivity index (χ1v) is 11.6. The molecule has 0 saturated heterocycles. The third-order valence-electron chi connectivity index (χ3n) is 6.09. The lowest BCUT2D eigenvalue weighted by molar-refractivity contribution is -0.156. The zero-order chi connectivity index (χ0) is 23.5. The van der Waals surface area contributed by atoms with Gasteiger partial charge in [-0.15, -0.1) is 0 Å². The Labute approximate surface area is 191 Å². The number of amides is 1. The van der Waals surface area contributed by atoms with Crippen molar-refractivity contribution < 1.29 is 14.3 Å². The molecule has 1 fully saturated rings. The highest BCUT2D eigenvalue weighted by Crippen LogP contribution is 2.38. The van der Waals surface area contributed by atoms with Gasteiger partial charge in [0, 0.05) is 12.0 Å². The molecule has 0 unspecified atom stereocenters. The summed E-state index contributed by atoms with van der Waals surface area (Å²) >= 11 is 0. The Balaban J connectivity index is 1.66. The van der Waals surface area contributed by atoms with Crippen LogP contribution in [0.3, 0.4) is 0 Å². The van der Waals surface area contributed by atoms with Crippen molar-refractivity contribution in [1.82, 2.24) is 9.97 Å². The van der Waals surface area contributed by atoms with E-state index in [9.17, 15) is 9.59 Å². The summed E-state index contributed by atoms with van der Waals surface area (Å²) in [5.41, 5.74) is 9.70. The molecule has 0 atom stereocenters. The number of carbonyl (C=O) groups excluding carboxylic acids is 2. The molecule has 32 heavy (non-hydrogen) atoms. The molecule has 1 heterocycles. The number of nitrogens with zero attached hydrogens (tertiary/aromatic N) is 2. The van der Waals surface area contributed by atoms with E-state index in [0.717, 1.165) is 36.9 Å². The number of rotatable bonds is 6. The molecule has 2 N–H and O–H groups in total. The van der Waals surface area contributed by atoms with Crippen molar-refractivity contribution in [2.75, 3.05) is 0 Å². The Hall–Kier alpha value is -2.76. The molecule has 6 heteroatoms. The van der Waals surface area contributed by atoms with Crippen LogP contribution < -0.4 is 5.73 Å². The van der Waals surface area contributed by atoms with Crippen molar-refractivity contribution in [3.8, 4) is 11.3 Å². The van der Waals surface area contributed by atoms with Crippen LogP contribution in [0.2, 0.25) is 0 Å². The lowest BCUT2D eigenvalue weighted by atomic mass is 9.77. The molecule has 1 aromatic heterocycles. The van der Waals surface area contributed by atoms with Crippen LogP contribution >= 0.6 is 0 Å². The van der Waals surface area contributed by atoms with Gasteiger partial charge in [-0.1, -0.05) is 31.2 Å². The number of aromatic nitrogens is 2. The third-order valence-corrected chi connectivity index (χ3v) is 6.09. The molecule has 0 radical (unpaired) electrons. The van der Waals surface area contributed by atoms with E-state index >= 15 is 0 Å². The summed E-state index contributed by atoms with van der Waals surface area (Å²) in [7, 11) is 0. The molecule has 0 aliphatic heterocycles. The third kappa shape index (κ3) is 5.93. The van der Waals surface area contributed by atoms with E-state index in [4.69, 9.17) is 10.5 Å². The van der Waals surface area contributed by atoms with Crippen LogP contribution in [0.1, 0.15) is 93.2 Å². The van der Waals surface area contributed by atoms with Gasteiger partial charge in [0.15, 0.2) is 0 Å². The quantitative estimate of drug-likeness (QED) is 0.633. The largest absolute Gasteiger partial charge is 0.460 e. The van der Waals surface area contributed by atoms with E-state index in [1.165, 1.54) is 5.56 Å². The van der Waals surface area contributed by atoms with E-state index in [0.29, 0.717) is 36.1 Å². The van der Waals surface area contributed by atoms with E-state index in [-0.39, 0.29) is 11.7 Å². The monoisotopic (exact) mass is 437 g/mol. The first-order valence-electron chi connectivity index (χ1n) is 11.6. The number of carbonyl (C=O) groups is 2. The van der Waals surface area contributed by atoms with Crippen molar-refractivity contribution >= 4 is 11.9 Å². The van der Waals surface area contributed by atoms with E-state index in [2.05, 4.69) is 34.2 Å². The summed E-state index contributed by atoms with van der Waals surface area (Å²) in [4.78, 5) is 33.0. The van der Waals surface area contributed by atoms with Crippen LogP contribution in [0.4, 0.5) is 0 Å². The Bertz CT molecular complexity index is 969. The fourth-order valence-corrected chi connectivity index (χ4v) is 4.51. The first-order chi connectivity index (χ1) is 15.1. The summed E-state index contributed by atoms with van der Waals surface area (Å²) in [5.74, 6) is 0.263. The van der Waals surface area contributed by atoms with Crippen LogP contribution in [0.15, 0.2) is 24.3 Å². The van der Waals surface area contributed by atoms with Gasteiger partial charge < -0.3 is 10.5 Å². The predicted molar refractivity (Wildman–Crippen MR) is 125 cm³/mol. The predicted octanol–water partition coefficient (Wildman–Crippen LogP) is 5.12. The molecular weight excluding hydrogens is 402 g/mol. The van der Waals surface area contributed by atoms with E-state index in [1.807, 2.05) is 34.6 Å². The molecule has 0 spiro atoms. The fourth-order valence-electron chi connectivity index (χ4n) is 4.51. The number of nitrogens with two attached hydrogens (primary N) is 1. The molecule has 1 aliphatic carbocycles. The average Bonchev–Trinajstić information content (AvgIpc) is 2.72. The average molecular weight is 438 g/mol. The lowest BCUT2D eigenvalue weighted by Gasteiger charge is -2.29. The smallest absolute Gasteiger partial charge is 0.306 e. The fraction of sp³-hybridized carbons (Fsp3) is 0.538. The Kier molecular flexibility index (Phi) is 7.32. The highest BCUT2D eigenvalue weighted by molar-refractivity contribution is 5.92. The minimum Gasteiger partial charge on any atom is -0.460 e. The molecule has 2 aromatic rings. The maximum atomic E-state index is 12.1. The number of esters is 1. The molecule has 1 saturated carbocycles. The van der Waals surface area contributed by atoms with Crippen LogP contribution in [0.25, 0.3) is 11.3 Å². The molecular formula is C26H35N3O3. The van der Waals surface area contributed by atoms with Gasteiger partial charge in [0.2, 0.25) is 0 Å². The molecule has 1 amide bonds. The molecule has 1 aromatic carbocycles. The maximum Gasteiger partial charge on any atom is 0.306 e. The van der Waals surface area contributed by atoms with Gasteiger partial charge in [-0.3, -0.25) is 14.6 Å². The Morgan fingerprint density at radius 2 is 1.69 bits per heavy atom. The minimum absolute atomic E-state index is 0.0915. The van der Waals surface area contributed by atoms with Gasteiger partial charge in [-0.05, 0) is 77.2 Å². The van der Waals surface area contributed by atoms with Gasteiger partial charge in [0.1, 0.15) is 11.3 Å². The SMILES string of the molecule is CCc1nc(C)c(-c2ccc([C@H]3CC[C@H](CC(=O)OC(C)(C)C)CC3)cc2)nc1C(N)=O. The number of aryl methyl sites for hydroxylation is 2.